The molecule has 1 rings (SSSR count). The van der Waals surface area contributed by atoms with E-state index in [-0.39, 0.29) is 4.90 Å². The average Bonchev–Trinajstić information content (AvgIpc) is 2.26. The van der Waals surface area contributed by atoms with Crippen LogP contribution < -0.4 is 9.62 Å². The first-order chi connectivity index (χ1) is 8.65. The Morgan fingerprint density at radius 2 is 2.00 bits per heavy atom. The molecule has 0 saturated carbocycles. The predicted octanol–water partition coefficient (Wildman–Crippen LogP) is 2.23. The second-order valence-corrected chi connectivity index (χ2v) is 5.79. The predicted molar refractivity (Wildman–Crippen MR) is 63.0 cm³/mol. The molecule has 0 spiro atoms. The number of hydrogen-bond donors (Lipinski definition) is 1. The SMILES string of the molecule is COc1ccc(S(=O)(=O)NOCC(F)(F)F)cc1Br. The molecule has 0 aliphatic carbocycles. The van der Waals surface area contributed by atoms with Crippen LogP contribution in [0.2, 0.25) is 0 Å². The van der Waals surface area contributed by atoms with Crippen LogP contribution in [0.5, 0.6) is 5.75 Å². The minimum Gasteiger partial charge on any atom is -0.496 e. The molecule has 0 aliphatic heterocycles. The molecule has 5 nitrogen and oxygen atoms in total. The highest BCUT2D eigenvalue weighted by Crippen LogP contribution is 2.27. The van der Waals surface area contributed by atoms with Crippen LogP contribution in [0.3, 0.4) is 0 Å². The largest absolute Gasteiger partial charge is 0.496 e. The molecule has 0 radical (unpaired) electrons. The Bertz CT molecular complexity index is 547. The summed E-state index contributed by atoms with van der Waals surface area (Å²) < 4.78 is 63.9. The van der Waals surface area contributed by atoms with Crippen molar-refractivity contribution in [3.8, 4) is 5.75 Å². The Morgan fingerprint density at radius 1 is 1.37 bits per heavy atom. The molecule has 1 N–H and O–H groups in total. The van der Waals surface area contributed by atoms with Gasteiger partial charge in [0.15, 0.2) is 6.61 Å². The van der Waals surface area contributed by atoms with Gasteiger partial charge < -0.3 is 4.74 Å². The summed E-state index contributed by atoms with van der Waals surface area (Å²) >= 11 is 3.06. The molecule has 1 aromatic carbocycles. The Kier molecular flexibility index (Phi) is 5.18. The maximum atomic E-state index is 11.8. The molecule has 0 atom stereocenters. The lowest BCUT2D eigenvalue weighted by molar-refractivity contribution is -0.181. The van der Waals surface area contributed by atoms with E-state index in [0.717, 1.165) is 0 Å². The van der Waals surface area contributed by atoms with Crippen LogP contribution in [0.1, 0.15) is 0 Å². The lowest BCUT2D eigenvalue weighted by atomic mass is 10.3. The second-order valence-electron chi connectivity index (χ2n) is 3.29. The highest BCUT2D eigenvalue weighted by atomic mass is 79.9. The minimum absolute atomic E-state index is 0.262. The number of halogens is 4. The van der Waals surface area contributed by atoms with Gasteiger partial charge in [-0.15, -0.1) is 0 Å². The van der Waals surface area contributed by atoms with E-state index < -0.39 is 22.8 Å². The molecule has 10 heteroatoms. The molecule has 0 amide bonds. The zero-order valence-corrected chi connectivity index (χ0v) is 11.9. The molecule has 0 aromatic heterocycles. The molecule has 0 aliphatic rings. The maximum absolute atomic E-state index is 11.8. The molecule has 19 heavy (non-hydrogen) atoms. The Labute approximate surface area is 115 Å². The third-order valence-corrected chi connectivity index (χ3v) is 3.67. The van der Waals surface area contributed by atoms with Crippen molar-refractivity contribution >= 4 is 26.0 Å². The summed E-state index contributed by atoms with van der Waals surface area (Å²) in [5, 5.41) is 0. The van der Waals surface area contributed by atoms with Crippen LogP contribution in [0.4, 0.5) is 13.2 Å². The van der Waals surface area contributed by atoms with Crippen molar-refractivity contribution in [2.24, 2.45) is 0 Å². The number of rotatable bonds is 5. The normalized spacial score (nSPS) is 12.5. The molecule has 0 fully saturated rings. The van der Waals surface area contributed by atoms with Crippen molar-refractivity contribution in [2.75, 3.05) is 13.7 Å². The topological polar surface area (TPSA) is 64.6 Å². The first-order valence-corrected chi connectivity index (χ1v) is 6.97. The van der Waals surface area contributed by atoms with Gasteiger partial charge in [0.05, 0.1) is 16.5 Å². The number of alkyl halides is 3. The Hall–Kier alpha value is -0.840. The summed E-state index contributed by atoms with van der Waals surface area (Å²) in [5.41, 5.74) is 0. The highest BCUT2D eigenvalue weighted by molar-refractivity contribution is 9.10. The van der Waals surface area contributed by atoms with Gasteiger partial charge in [-0.25, -0.2) is 8.42 Å². The van der Waals surface area contributed by atoms with Gasteiger partial charge in [0.25, 0.3) is 10.0 Å². The number of sulfonamides is 1. The fraction of sp³-hybridized carbons (Fsp3) is 0.333. The van der Waals surface area contributed by atoms with Crippen molar-refractivity contribution in [1.29, 1.82) is 0 Å². The molecule has 108 valence electrons. The molecule has 0 heterocycles. The van der Waals surface area contributed by atoms with Crippen LogP contribution in [0, 0.1) is 0 Å². The van der Waals surface area contributed by atoms with Gasteiger partial charge in [0.2, 0.25) is 0 Å². The number of methoxy groups -OCH3 is 1. The van der Waals surface area contributed by atoms with E-state index in [9.17, 15) is 21.6 Å². The quantitative estimate of drug-likeness (QED) is 0.814. The van der Waals surface area contributed by atoms with Gasteiger partial charge in [0.1, 0.15) is 5.75 Å². The van der Waals surface area contributed by atoms with E-state index in [4.69, 9.17) is 4.74 Å². The lowest BCUT2D eigenvalue weighted by Gasteiger charge is -2.10. The van der Waals surface area contributed by atoms with Crippen molar-refractivity contribution < 1.29 is 31.2 Å². The van der Waals surface area contributed by atoms with Crippen LogP contribution in [0.15, 0.2) is 27.6 Å². The number of nitrogens with one attached hydrogen (secondary N) is 1. The minimum atomic E-state index is -4.62. The molecule has 0 bridgehead atoms. The fourth-order valence-electron chi connectivity index (χ4n) is 1.05. The third kappa shape index (κ3) is 4.97. The third-order valence-electron chi connectivity index (χ3n) is 1.84. The fourth-order valence-corrected chi connectivity index (χ4v) is 2.57. The molecular formula is C9H9BrF3NO4S. The van der Waals surface area contributed by atoms with Gasteiger partial charge >= 0.3 is 6.18 Å². The first-order valence-electron chi connectivity index (χ1n) is 4.69. The van der Waals surface area contributed by atoms with Crippen LogP contribution >= 0.6 is 15.9 Å². The molecular weight excluding hydrogens is 355 g/mol. The van der Waals surface area contributed by atoms with Gasteiger partial charge in [-0.3, -0.25) is 4.84 Å². The maximum Gasteiger partial charge on any atom is 0.413 e. The zero-order valence-electron chi connectivity index (χ0n) is 9.49. The van der Waals surface area contributed by atoms with E-state index in [1.54, 1.807) is 0 Å². The Morgan fingerprint density at radius 3 is 2.47 bits per heavy atom. The Balaban J connectivity index is 2.80. The number of ether oxygens (including phenoxy) is 1. The summed E-state index contributed by atoms with van der Waals surface area (Å²) in [7, 11) is -2.80. The monoisotopic (exact) mass is 363 g/mol. The van der Waals surface area contributed by atoms with Crippen LogP contribution in [-0.4, -0.2) is 28.3 Å². The van der Waals surface area contributed by atoms with Crippen LogP contribution in [0.25, 0.3) is 0 Å². The number of hydrogen-bond acceptors (Lipinski definition) is 4. The van der Waals surface area contributed by atoms with Crippen molar-refractivity contribution in [3.63, 3.8) is 0 Å². The van der Waals surface area contributed by atoms with Crippen molar-refractivity contribution in [2.45, 2.75) is 11.1 Å². The summed E-state index contributed by atoms with van der Waals surface area (Å²) in [6.07, 6.45) is -4.62. The second kappa shape index (κ2) is 6.07. The van der Waals surface area contributed by atoms with Gasteiger partial charge in [-0.1, -0.05) is 4.89 Å². The molecule has 0 unspecified atom stereocenters. The highest BCUT2D eigenvalue weighted by Gasteiger charge is 2.29. The van der Waals surface area contributed by atoms with E-state index in [2.05, 4.69) is 20.8 Å². The van der Waals surface area contributed by atoms with E-state index in [1.807, 2.05) is 0 Å². The van der Waals surface area contributed by atoms with E-state index in [1.165, 1.54) is 30.2 Å². The average molecular weight is 364 g/mol. The lowest BCUT2D eigenvalue weighted by Crippen LogP contribution is -2.29. The standard InChI is InChI=1S/C9H9BrF3NO4S/c1-17-8-3-2-6(4-7(8)10)19(15,16)14-18-5-9(11,12)13/h2-4,14H,5H2,1H3. The summed E-state index contributed by atoms with van der Waals surface area (Å²) in [6, 6.07) is 3.70. The van der Waals surface area contributed by atoms with Gasteiger partial charge in [-0.05, 0) is 34.1 Å². The summed E-state index contributed by atoms with van der Waals surface area (Å²) in [4.78, 5) is 5.03. The summed E-state index contributed by atoms with van der Waals surface area (Å²) in [5.74, 6) is 0.384. The van der Waals surface area contributed by atoms with Crippen LogP contribution in [-0.2, 0) is 14.9 Å². The zero-order chi connectivity index (χ0) is 14.7. The van der Waals surface area contributed by atoms with Gasteiger partial charge in [-0.2, -0.15) is 13.2 Å². The van der Waals surface area contributed by atoms with E-state index >= 15 is 0 Å². The van der Waals surface area contributed by atoms with Crippen molar-refractivity contribution in [1.82, 2.24) is 4.89 Å². The smallest absolute Gasteiger partial charge is 0.413 e. The molecule has 0 saturated heterocycles. The number of benzene rings is 1. The molecule has 1 aromatic rings. The summed E-state index contributed by atoms with van der Waals surface area (Å²) in [6.45, 7) is -1.72. The first kappa shape index (κ1) is 16.2. The van der Waals surface area contributed by atoms with E-state index in [0.29, 0.717) is 10.2 Å². The van der Waals surface area contributed by atoms with Crippen molar-refractivity contribution in [3.05, 3.63) is 22.7 Å². The van der Waals surface area contributed by atoms with Gasteiger partial charge in [0, 0.05) is 0 Å².